The van der Waals surface area contributed by atoms with Gasteiger partial charge in [0.2, 0.25) is 5.91 Å². The molecule has 0 aromatic carbocycles. The zero-order valence-corrected chi connectivity index (χ0v) is 12.0. The molecule has 102 valence electrons. The van der Waals surface area contributed by atoms with Crippen molar-refractivity contribution in [2.24, 2.45) is 5.92 Å². The highest BCUT2D eigenvalue weighted by molar-refractivity contribution is 7.10. The molecule has 1 heterocycles. The van der Waals surface area contributed by atoms with Crippen molar-refractivity contribution in [2.45, 2.75) is 32.2 Å². The molecule has 1 saturated carbocycles. The molecule has 0 atom stereocenters. The molecule has 0 aliphatic heterocycles. The van der Waals surface area contributed by atoms with Crippen LogP contribution in [0.25, 0.3) is 0 Å². The Morgan fingerprint density at radius 2 is 2.37 bits per heavy atom. The molecule has 0 bridgehead atoms. The number of hydrogen-bond acceptors (Lipinski definition) is 3. The normalized spacial score (nSPS) is 13.8. The first kappa shape index (κ1) is 14.1. The van der Waals surface area contributed by atoms with E-state index in [4.69, 9.17) is 5.11 Å². The van der Waals surface area contributed by atoms with E-state index in [0.717, 1.165) is 10.4 Å². The van der Waals surface area contributed by atoms with Gasteiger partial charge in [0, 0.05) is 26.4 Å². The third-order valence-electron chi connectivity index (χ3n) is 3.11. The van der Waals surface area contributed by atoms with E-state index >= 15 is 0 Å². The van der Waals surface area contributed by atoms with Gasteiger partial charge in [0.15, 0.2) is 0 Å². The summed E-state index contributed by atoms with van der Waals surface area (Å²) in [4.78, 5) is 14.7. The molecule has 1 aliphatic rings. The van der Waals surface area contributed by atoms with Crippen LogP contribution in [0, 0.1) is 17.8 Å². The van der Waals surface area contributed by atoms with Crippen LogP contribution in [-0.2, 0) is 11.3 Å². The lowest BCUT2D eigenvalue weighted by atomic mass is 10.2. The second-order valence-corrected chi connectivity index (χ2v) is 5.90. The van der Waals surface area contributed by atoms with E-state index in [1.165, 1.54) is 12.8 Å². The Bertz CT molecular complexity index is 494. The maximum Gasteiger partial charge on any atom is 0.222 e. The highest BCUT2D eigenvalue weighted by atomic mass is 32.1. The first-order valence-electron chi connectivity index (χ1n) is 6.60. The first-order valence-corrected chi connectivity index (χ1v) is 7.48. The fraction of sp³-hybridized carbons (Fsp3) is 0.533. The lowest BCUT2D eigenvalue weighted by Crippen LogP contribution is -2.26. The van der Waals surface area contributed by atoms with Gasteiger partial charge in [-0.1, -0.05) is 11.8 Å². The van der Waals surface area contributed by atoms with E-state index in [1.54, 1.807) is 16.2 Å². The molecule has 0 spiro atoms. The third kappa shape index (κ3) is 4.70. The Morgan fingerprint density at radius 1 is 1.58 bits per heavy atom. The van der Waals surface area contributed by atoms with E-state index in [1.807, 2.05) is 18.5 Å². The molecule has 0 radical (unpaired) electrons. The Kier molecular flexibility index (Phi) is 5.00. The molecule has 1 aliphatic carbocycles. The molecule has 1 N–H and O–H groups in total. The number of hydrogen-bond donors (Lipinski definition) is 1. The lowest BCUT2D eigenvalue weighted by molar-refractivity contribution is -0.130. The predicted molar refractivity (Wildman–Crippen MR) is 76.7 cm³/mol. The second kappa shape index (κ2) is 6.74. The average molecular weight is 277 g/mol. The van der Waals surface area contributed by atoms with E-state index in [2.05, 4.69) is 11.8 Å². The van der Waals surface area contributed by atoms with Gasteiger partial charge in [-0.05, 0) is 35.8 Å². The van der Waals surface area contributed by atoms with Gasteiger partial charge in [-0.25, -0.2) is 0 Å². The van der Waals surface area contributed by atoms with Crippen molar-refractivity contribution in [1.82, 2.24) is 4.90 Å². The number of aliphatic hydroxyl groups is 1. The molecule has 4 heteroatoms. The summed E-state index contributed by atoms with van der Waals surface area (Å²) in [5.74, 6) is 6.79. The van der Waals surface area contributed by atoms with Gasteiger partial charge in [0.25, 0.3) is 0 Å². The third-order valence-corrected chi connectivity index (χ3v) is 4.00. The van der Waals surface area contributed by atoms with Crippen molar-refractivity contribution in [2.75, 3.05) is 13.7 Å². The van der Waals surface area contributed by atoms with Gasteiger partial charge < -0.3 is 10.0 Å². The molecule has 0 saturated heterocycles. The zero-order valence-electron chi connectivity index (χ0n) is 11.2. The van der Waals surface area contributed by atoms with Gasteiger partial charge in [-0.15, -0.1) is 11.3 Å². The van der Waals surface area contributed by atoms with Gasteiger partial charge in [-0.3, -0.25) is 4.79 Å². The van der Waals surface area contributed by atoms with Crippen LogP contribution in [0.2, 0.25) is 0 Å². The Labute approximate surface area is 118 Å². The summed E-state index contributed by atoms with van der Waals surface area (Å²) in [7, 11) is 1.86. The molecular weight excluding hydrogens is 258 g/mol. The average Bonchev–Trinajstić information content (AvgIpc) is 3.09. The molecule has 1 amide bonds. The summed E-state index contributed by atoms with van der Waals surface area (Å²) < 4.78 is 0. The van der Waals surface area contributed by atoms with Crippen LogP contribution >= 0.6 is 11.3 Å². The number of aliphatic hydroxyl groups excluding tert-OH is 1. The number of thiophene rings is 1. The number of carbonyl (C=O) groups excluding carboxylic acids is 1. The van der Waals surface area contributed by atoms with Crippen molar-refractivity contribution in [3.63, 3.8) is 0 Å². The first-order chi connectivity index (χ1) is 9.19. The van der Waals surface area contributed by atoms with E-state index in [0.29, 0.717) is 25.3 Å². The van der Waals surface area contributed by atoms with Crippen LogP contribution in [0.3, 0.4) is 0 Å². The maximum atomic E-state index is 11.9. The minimum absolute atomic E-state index is 0.101. The highest BCUT2D eigenvalue weighted by Crippen LogP contribution is 2.32. The summed E-state index contributed by atoms with van der Waals surface area (Å²) in [5.41, 5.74) is 1.13. The van der Waals surface area contributed by atoms with Gasteiger partial charge in [-0.2, -0.15) is 0 Å². The molecule has 2 rings (SSSR count). The van der Waals surface area contributed by atoms with Crippen molar-refractivity contribution in [1.29, 1.82) is 0 Å². The summed E-state index contributed by atoms with van der Waals surface area (Å²) in [6.45, 7) is 0.757. The predicted octanol–water partition coefficient (Wildman–Crippen LogP) is 2.24. The SMILES string of the molecule is CN(Cc1csc(C#CCCO)c1)C(=O)CC1CC1. The van der Waals surface area contributed by atoms with Crippen LogP contribution in [0.4, 0.5) is 0 Å². The number of nitrogens with zero attached hydrogens (tertiary/aromatic N) is 1. The smallest absolute Gasteiger partial charge is 0.222 e. The Hall–Kier alpha value is -1.31. The maximum absolute atomic E-state index is 11.9. The van der Waals surface area contributed by atoms with Crippen LogP contribution in [0.5, 0.6) is 0 Å². The van der Waals surface area contributed by atoms with Crippen LogP contribution in [0.1, 0.15) is 36.1 Å². The van der Waals surface area contributed by atoms with Crippen LogP contribution in [-0.4, -0.2) is 29.6 Å². The monoisotopic (exact) mass is 277 g/mol. The Morgan fingerprint density at radius 3 is 3.05 bits per heavy atom. The number of rotatable bonds is 5. The molecule has 1 aromatic rings. The van der Waals surface area contributed by atoms with E-state index in [9.17, 15) is 4.79 Å². The Balaban J connectivity index is 1.84. The van der Waals surface area contributed by atoms with Crippen molar-refractivity contribution in [3.8, 4) is 11.8 Å². The molecule has 0 unspecified atom stereocenters. The summed E-state index contributed by atoms with van der Waals surface area (Å²) in [5, 5.41) is 10.7. The topological polar surface area (TPSA) is 40.5 Å². The summed E-state index contributed by atoms with van der Waals surface area (Å²) in [6.07, 6.45) is 3.63. The van der Waals surface area contributed by atoms with Crippen LogP contribution in [0.15, 0.2) is 11.4 Å². The minimum Gasteiger partial charge on any atom is -0.395 e. The van der Waals surface area contributed by atoms with Gasteiger partial charge >= 0.3 is 0 Å². The summed E-state index contributed by atoms with van der Waals surface area (Å²) in [6, 6.07) is 2.02. The van der Waals surface area contributed by atoms with Gasteiger partial charge in [0.05, 0.1) is 11.5 Å². The minimum atomic E-state index is 0.101. The molecule has 1 aromatic heterocycles. The number of amides is 1. The molecule has 19 heavy (non-hydrogen) atoms. The second-order valence-electron chi connectivity index (χ2n) is 4.99. The van der Waals surface area contributed by atoms with Crippen molar-refractivity contribution < 1.29 is 9.90 Å². The van der Waals surface area contributed by atoms with Crippen molar-refractivity contribution in [3.05, 3.63) is 21.9 Å². The number of carbonyl (C=O) groups is 1. The summed E-state index contributed by atoms with van der Waals surface area (Å²) >= 11 is 1.59. The fourth-order valence-corrected chi connectivity index (χ4v) is 2.59. The molecular formula is C15H19NO2S. The van der Waals surface area contributed by atoms with Gasteiger partial charge in [0.1, 0.15) is 0 Å². The fourth-order valence-electron chi connectivity index (χ4n) is 1.82. The largest absolute Gasteiger partial charge is 0.395 e. The van der Waals surface area contributed by atoms with E-state index in [-0.39, 0.29) is 12.5 Å². The van der Waals surface area contributed by atoms with Crippen molar-refractivity contribution >= 4 is 17.2 Å². The molecule has 1 fully saturated rings. The standard InChI is InChI=1S/C15H19NO2S/c1-16(15(18)9-12-5-6-12)10-13-8-14(19-11-13)4-2-3-7-17/h8,11-12,17H,3,5-7,9-10H2,1H3. The lowest BCUT2D eigenvalue weighted by Gasteiger charge is -2.16. The molecule has 3 nitrogen and oxygen atoms in total. The quantitative estimate of drug-likeness (QED) is 0.839. The van der Waals surface area contributed by atoms with E-state index < -0.39 is 0 Å². The zero-order chi connectivity index (χ0) is 13.7. The highest BCUT2D eigenvalue weighted by Gasteiger charge is 2.25. The van der Waals surface area contributed by atoms with Crippen LogP contribution < -0.4 is 0 Å².